The SMILES string of the molecule is C=c1[nH]n(-c2ccccc2)c(=O)c1=CNc1ccccc1OC. The van der Waals surface area contributed by atoms with Crippen molar-refractivity contribution in [1.29, 1.82) is 0 Å². The summed E-state index contributed by atoms with van der Waals surface area (Å²) in [5, 5.41) is 7.10. The highest BCUT2D eigenvalue weighted by Crippen LogP contribution is 2.22. The molecule has 0 aliphatic heterocycles. The maximum Gasteiger partial charge on any atom is 0.280 e. The maximum atomic E-state index is 12.6. The van der Waals surface area contributed by atoms with Gasteiger partial charge in [0.25, 0.3) is 5.56 Å². The molecule has 0 fully saturated rings. The highest BCUT2D eigenvalue weighted by atomic mass is 16.5. The molecule has 1 heterocycles. The van der Waals surface area contributed by atoms with Gasteiger partial charge in [0.1, 0.15) is 5.75 Å². The van der Waals surface area contributed by atoms with Crippen LogP contribution in [0.3, 0.4) is 0 Å². The van der Waals surface area contributed by atoms with Gasteiger partial charge in [-0.25, -0.2) is 4.68 Å². The summed E-state index contributed by atoms with van der Waals surface area (Å²) < 4.78 is 6.75. The Morgan fingerprint density at radius 2 is 1.83 bits per heavy atom. The van der Waals surface area contributed by atoms with Crippen molar-refractivity contribution in [2.45, 2.75) is 0 Å². The monoisotopic (exact) mass is 307 g/mol. The van der Waals surface area contributed by atoms with Crippen LogP contribution in [0, 0.1) is 0 Å². The smallest absolute Gasteiger partial charge is 0.280 e. The van der Waals surface area contributed by atoms with Crippen molar-refractivity contribution in [2.24, 2.45) is 0 Å². The van der Waals surface area contributed by atoms with Crippen LogP contribution in [-0.2, 0) is 0 Å². The number of hydrogen-bond donors (Lipinski definition) is 2. The second-order valence-corrected chi connectivity index (χ2v) is 4.97. The summed E-state index contributed by atoms with van der Waals surface area (Å²) >= 11 is 0. The lowest BCUT2D eigenvalue weighted by Gasteiger charge is -2.06. The topological polar surface area (TPSA) is 59.0 Å². The molecule has 0 aliphatic rings. The van der Waals surface area contributed by atoms with Gasteiger partial charge in [-0.3, -0.25) is 9.89 Å². The normalized spacial score (nSPS) is 11.4. The van der Waals surface area contributed by atoms with E-state index in [-0.39, 0.29) is 5.56 Å². The van der Waals surface area contributed by atoms with E-state index >= 15 is 0 Å². The molecule has 1 aromatic heterocycles. The fourth-order valence-corrected chi connectivity index (χ4v) is 2.32. The van der Waals surface area contributed by atoms with Crippen LogP contribution in [-0.4, -0.2) is 16.9 Å². The molecule has 116 valence electrons. The van der Waals surface area contributed by atoms with Crippen LogP contribution in [0.2, 0.25) is 0 Å². The maximum absolute atomic E-state index is 12.6. The molecule has 5 heteroatoms. The summed E-state index contributed by atoms with van der Waals surface area (Å²) in [7, 11) is 1.60. The molecule has 0 amide bonds. The lowest BCUT2D eigenvalue weighted by Crippen LogP contribution is -2.34. The summed E-state index contributed by atoms with van der Waals surface area (Å²) in [4.78, 5) is 12.6. The first-order valence-electron chi connectivity index (χ1n) is 7.16. The summed E-state index contributed by atoms with van der Waals surface area (Å²) in [5.74, 6) is 0.702. The van der Waals surface area contributed by atoms with Gasteiger partial charge in [-0.05, 0) is 24.3 Å². The third-order valence-corrected chi connectivity index (χ3v) is 3.50. The van der Waals surface area contributed by atoms with E-state index in [1.54, 1.807) is 13.3 Å². The third kappa shape index (κ3) is 2.89. The molecule has 0 unspecified atom stereocenters. The van der Waals surface area contributed by atoms with E-state index in [4.69, 9.17) is 4.74 Å². The summed E-state index contributed by atoms with van der Waals surface area (Å²) in [6.07, 6.45) is 1.64. The average Bonchev–Trinajstić information content (AvgIpc) is 2.88. The molecule has 0 saturated carbocycles. The van der Waals surface area contributed by atoms with Crippen molar-refractivity contribution in [3.8, 4) is 11.4 Å². The minimum absolute atomic E-state index is 0.163. The van der Waals surface area contributed by atoms with Crippen LogP contribution in [0.15, 0.2) is 59.4 Å². The van der Waals surface area contributed by atoms with E-state index in [1.807, 2.05) is 54.6 Å². The molecule has 2 aromatic carbocycles. The summed E-state index contributed by atoms with van der Waals surface area (Å²) in [6.45, 7) is 3.90. The van der Waals surface area contributed by atoms with Crippen LogP contribution in [0.5, 0.6) is 5.75 Å². The molecule has 3 rings (SSSR count). The first kappa shape index (κ1) is 14.7. The molecule has 5 nitrogen and oxygen atoms in total. The van der Waals surface area contributed by atoms with Crippen molar-refractivity contribution in [1.82, 2.24) is 9.78 Å². The number of aromatic nitrogens is 2. The second kappa shape index (κ2) is 6.27. The van der Waals surface area contributed by atoms with E-state index in [0.717, 1.165) is 11.4 Å². The fraction of sp³-hybridized carbons (Fsp3) is 0.0556. The number of anilines is 1. The van der Waals surface area contributed by atoms with Gasteiger partial charge in [-0.2, -0.15) is 0 Å². The van der Waals surface area contributed by atoms with E-state index in [1.165, 1.54) is 4.68 Å². The van der Waals surface area contributed by atoms with Gasteiger partial charge in [0.05, 0.1) is 29.1 Å². The molecule has 0 saturated heterocycles. The molecule has 2 N–H and O–H groups in total. The molecule has 0 bridgehead atoms. The number of hydrogen-bond acceptors (Lipinski definition) is 3. The van der Waals surface area contributed by atoms with Crippen molar-refractivity contribution in [3.05, 3.63) is 75.5 Å². The number of nitrogens with one attached hydrogen (secondary N) is 2. The van der Waals surface area contributed by atoms with Gasteiger partial charge in [-0.15, -0.1) is 0 Å². The predicted molar refractivity (Wildman–Crippen MR) is 92.2 cm³/mol. The molecular weight excluding hydrogens is 290 g/mol. The number of H-pyrrole nitrogens is 1. The number of benzene rings is 2. The average molecular weight is 307 g/mol. The Kier molecular flexibility index (Phi) is 4.01. The summed E-state index contributed by atoms with van der Waals surface area (Å²) in [5.41, 5.74) is 1.38. The number of nitrogens with zero attached hydrogens (tertiary/aromatic N) is 1. The largest absolute Gasteiger partial charge is 0.495 e. The van der Waals surface area contributed by atoms with Crippen LogP contribution in [0.4, 0.5) is 5.69 Å². The molecule has 3 aromatic rings. The Morgan fingerprint density at radius 1 is 1.13 bits per heavy atom. The predicted octanol–water partition coefficient (Wildman–Crippen LogP) is 1.43. The van der Waals surface area contributed by atoms with Crippen molar-refractivity contribution in [3.63, 3.8) is 0 Å². The number of aromatic amines is 1. The fourth-order valence-electron chi connectivity index (χ4n) is 2.32. The van der Waals surface area contributed by atoms with Gasteiger partial charge in [0.2, 0.25) is 0 Å². The Hall–Kier alpha value is -3.21. The van der Waals surface area contributed by atoms with Gasteiger partial charge in [0, 0.05) is 6.20 Å². The minimum Gasteiger partial charge on any atom is -0.495 e. The van der Waals surface area contributed by atoms with Crippen molar-refractivity contribution in [2.75, 3.05) is 12.4 Å². The molecule has 0 spiro atoms. The van der Waals surface area contributed by atoms with Gasteiger partial charge >= 0.3 is 0 Å². The molecule has 0 aliphatic carbocycles. The standard InChI is InChI=1S/C18H17N3O2/c1-13-15(12-19-16-10-6-7-11-17(16)23-2)18(22)21(20-13)14-8-4-3-5-9-14/h3-12,19-20H,1H2,2H3. The molecular formula is C18H17N3O2. The van der Waals surface area contributed by atoms with Crippen LogP contribution >= 0.6 is 0 Å². The zero-order valence-corrected chi connectivity index (χ0v) is 12.7. The number of ether oxygens (including phenoxy) is 1. The van der Waals surface area contributed by atoms with Crippen LogP contribution in [0.1, 0.15) is 0 Å². The molecule has 23 heavy (non-hydrogen) atoms. The van der Waals surface area contributed by atoms with Crippen molar-refractivity contribution < 1.29 is 4.74 Å². The van der Waals surface area contributed by atoms with E-state index < -0.39 is 0 Å². The third-order valence-electron chi connectivity index (χ3n) is 3.50. The highest BCUT2D eigenvalue weighted by molar-refractivity contribution is 5.63. The molecule has 0 radical (unpaired) electrons. The minimum atomic E-state index is -0.163. The number of rotatable bonds is 4. The molecule has 0 atom stereocenters. The van der Waals surface area contributed by atoms with E-state index in [9.17, 15) is 4.79 Å². The van der Waals surface area contributed by atoms with Crippen molar-refractivity contribution >= 4 is 18.5 Å². The van der Waals surface area contributed by atoms with E-state index in [2.05, 4.69) is 17.0 Å². The highest BCUT2D eigenvalue weighted by Gasteiger charge is 2.04. The first-order valence-corrected chi connectivity index (χ1v) is 7.16. The first-order chi connectivity index (χ1) is 11.2. The lowest BCUT2D eigenvalue weighted by atomic mass is 10.3. The Bertz CT molecular complexity index is 971. The quantitative estimate of drug-likeness (QED) is 0.767. The van der Waals surface area contributed by atoms with Crippen LogP contribution < -0.4 is 26.2 Å². The number of methoxy groups -OCH3 is 1. The van der Waals surface area contributed by atoms with Gasteiger partial charge < -0.3 is 10.1 Å². The zero-order chi connectivity index (χ0) is 16.2. The Balaban J connectivity index is 2.03. The second-order valence-electron chi connectivity index (χ2n) is 4.97. The van der Waals surface area contributed by atoms with Gasteiger partial charge in [-0.1, -0.05) is 36.9 Å². The van der Waals surface area contributed by atoms with E-state index in [0.29, 0.717) is 16.3 Å². The van der Waals surface area contributed by atoms with Gasteiger partial charge in [0.15, 0.2) is 0 Å². The van der Waals surface area contributed by atoms with Crippen LogP contribution in [0.25, 0.3) is 18.5 Å². The Morgan fingerprint density at radius 3 is 2.57 bits per heavy atom. The Labute approximate surface area is 133 Å². The lowest BCUT2D eigenvalue weighted by molar-refractivity contribution is 0.417. The summed E-state index contributed by atoms with van der Waals surface area (Å²) in [6, 6.07) is 16.9. The number of para-hydroxylation sites is 3. The zero-order valence-electron chi connectivity index (χ0n) is 12.7.